The van der Waals surface area contributed by atoms with Crippen molar-refractivity contribution in [3.05, 3.63) is 28.7 Å². The maximum atomic E-state index is 12.0. The molecular formula is C14H19N3O5S. The quantitative estimate of drug-likeness (QED) is 0.833. The lowest BCUT2D eigenvalue weighted by molar-refractivity contribution is -0.122. The molecule has 1 heterocycles. The number of benzene rings is 1. The van der Waals surface area contributed by atoms with E-state index in [4.69, 9.17) is 9.56 Å². The molecular weight excluding hydrogens is 322 g/mol. The molecule has 0 fully saturated rings. The number of nitrogens with zero attached hydrogens (tertiary/aromatic N) is 1. The third kappa shape index (κ3) is 4.20. The Hall–Kier alpha value is -2.13. The number of oxazole rings is 1. The van der Waals surface area contributed by atoms with Crippen LogP contribution in [-0.2, 0) is 21.4 Å². The van der Waals surface area contributed by atoms with Crippen LogP contribution < -0.4 is 16.2 Å². The van der Waals surface area contributed by atoms with E-state index in [-0.39, 0.29) is 28.3 Å². The summed E-state index contributed by atoms with van der Waals surface area (Å²) < 4.78 is 28.8. The van der Waals surface area contributed by atoms with Crippen molar-refractivity contribution in [2.75, 3.05) is 6.54 Å². The van der Waals surface area contributed by atoms with Crippen molar-refractivity contribution in [2.45, 2.75) is 32.2 Å². The highest BCUT2D eigenvalue weighted by Crippen LogP contribution is 2.17. The van der Waals surface area contributed by atoms with Gasteiger partial charge < -0.3 is 9.73 Å². The first-order valence-corrected chi connectivity index (χ1v) is 8.45. The van der Waals surface area contributed by atoms with E-state index in [2.05, 4.69) is 5.32 Å². The van der Waals surface area contributed by atoms with Gasteiger partial charge in [-0.2, -0.15) is 0 Å². The number of carbonyl (C=O) groups excluding carboxylic acids is 1. The van der Waals surface area contributed by atoms with Crippen LogP contribution in [0.25, 0.3) is 11.1 Å². The van der Waals surface area contributed by atoms with Gasteiger partial charge in [-0.3, -0.25) is 9.36 Å². The van der Waals surface area contributed by atoms with Crippen LogP contribution in [0.5, 0.6) is 0 Å². The molecule has 0 spiro atoms. The Balaban J connectivity index is 2.30. The highest BCUT2D eigenvalue weighted by Gasteiger charge is 2.17. The molecule has 0 radical (unpaired) electrons. The Kier molecular flexibility index (Phi) is 4.36. The largest absolute Gasteiger partial charge is 0.420 e. The first-order valence-electron chi connectivity index (χ1n) is 6.90. The van der Waals surface area contributed by atoms with Gasteiger partial charge >= 0.3 is 5.76 Å². The minimum atomic E-state index is -3.90. The number of fused-ring (bicyclic) bond motifs is 1. The second kappa shape index (κ2) is 5.82. The van der Waals surface area contributed by atoms with Crippen LogP contribution in [0.3, 0.4) is 0 Å². The zero-order valence-corrected chi connectivity index (χ0v) is 13.9. The fourth-order valence-corrected chi connectivity index (χ4v) is 2.47. The van der Waals surface area contributed by atoms with Crippen LogP contribution in [-0.4, -0.2) is 25.4 Å². The number of nitrogens with one attached hydrogen (secondary N) is 1. The number of hydrogen-bond donors (Lipinski definition) is 2. The van der Waals surface area contributed by atoms with Crippen molar-refractivity contribution < 1.29 is 17.6 Å². The molecule has 2 rings (SSSR count). The molecule has 0 bridgehead atoms. The van der Waals surface area contributed by atoms with Crippen molar-refractivity contribution >= 4 is 27.0 Å². The van der Waals surface area contributed by atoms with Gasteiger partial charge in [-0.05, 0) is 17.5 Å². The van der Waals surface area contributed by atoms with Gasteiger partial charge in [0.15, 0.2) is 5.58 Å². The molecule has 0 unspecified atom stereocenters. The number of hydrogen-bond acceptors (Lipinski definition) is 5. The van der Waals surface area contributed by atoms with Crippen molar-refractivity contribution in [2.24, 2.45) is 10.6 Å². The van der Waals surface area contributed by atoms with Gasteiger partial charge in [0.05, 0.1) is 10.4 Å². The van der Waals surface area contributed by atoms with Crippen molar-refractivity contribution in [3.8, 4) is 0 Å². The minimum absolute atomic E-state index is 0.0603. The Bertz CT molecular complexity index is 903. The molecule has 1 aromatic carbocycles. The lowest BCUT2D eigenvalue weighted by Crippen LogP contribution is -2.36. The Morgan fingerprint density at radius 3 is 2.57 bits per heavy atom. The fourth-order valence-electron chi connectivity index (χ4n) is 1.94. The van der Waals surface area contributed by atoms with E-state index >= 15 is 0 Å². The van der Waals surface area contributed by atoms with E-state index in [1.807, 2.05) is 20.8 Å². The predicted molar refractivity (Wildman–Crippen MR) is 84.3 cm³/mol. The number of aromatic nitrogens is 1. The molecule has 0 aliphatic rings. The summed E-state index contributed by atoms with van der Waals surface area (Å²) in [6.45, 7) is 6.17. The molecule has 9 heteroatoms. The normalized spacial score (nSPS) is 12.5. The van der Waals surface area contributed by atoms with Crippen LogP contribution in [0, 0.1) is 5.41 Å². The standard InChI is InChI=1S/C14H19N3O5S/c1-14(2,3)8-16-12(18)7-17-10-5-4-9(23(15,20)21)6-11(10)22-13(17)19/h4-6H,7-8H2,1-3H3,(H,16,18)(H2,15,20,21). The summed E-state index contributed by atoms with van der Waals surface area (Å²) in [4.78, 5) is 23.7. The average Bonchev–Trinajstić information content (AvgIpc) is 2.70. The van der Waals surface area contributed by atoms with Gasteiger partial charge in [0.1, 0.15) is 6.54 Å². The maximum Gasteiger partial charge on any atom is 0.420 e. The third-order valence-corrected chi connectivity index (χ3v) is 4.00. The summed E-state index contributed by atoms with van der Waals surface area (Å²) in [6.07, 6.45) is 0. The number of amides is 1. The topological polar surface area (TPSA) is 124 Å². The van der Waals surface area contributed by atoms with Crippen LogP contribution in [0.4, 0.5) is 0 Å². The molecule has 0 saturated heterocycles. The first-order chi connectivity index (χ1) is 10.5. The number of rotatable bonds is 4. The summed E-state index contributed by atoms with van der Waals surface area (Å²) in [7, 11) is -3.90. The molecule has 1 aromatic heterocycles. The van der Waals surface area contributed by atoms with E-state index < -0.39 is 15.8 Å². The molecule has 23 heavy (non-hydrogen) atoms. The molecule has 0 atom stereocenters. The predicted octanol–water partition coefficient (Wildman–Crippen LogP) is 0.404. The smallest absolute Gasteiger partial charge is 0.408 e. The van der Waals surface area contributed by atoms with Gasteiger partial charge in [-0.1, -0.05) is 20.8 Å². The van der Waals surface area contributed by atoms with Crippen LogP contribution >= 0.6 is 0 Å². The highest BCUT2D eigenvalue weighted by molar-refractivity contribution is 7.89. The van der Waals surface area contributed by atoms with Crippen LogP contribution in [0.1, 0.15) is 20.8 Å². The van der Waals surface area contributed by atoms with Gasteiger partial charge in [-0.15, -0.1) is 0 Å². The number of nitrogens with two attached hydrogens (primary N) is 1. The monoisotopic (exact) mass is 341 g/mol. The van der Waals surface area contributed by atoms with Gasteiger partial charge in [-0.25, -0.2) is 18.4 Å². The van der Waals surface area contributed by atoms with Gasteiger partial charge in [0.2, 0.25) is 15.9 Å². The van der Waals surface area contributed by atoms with Crippen LogP contribution in [0.15, 0.2) is 32.3 Å². The van der Waals surface area contributed by atoms with Crippen molar-refractivity contribution in [1.82, 2.24) is 9.88 Å². The van der Waals surface area contributed by atoms with Crippen molar-refractivity contribution in [1.29, 1.82) is 0 Å². The number of carbonyl (C=O) groups is 1. The van der Waals surface area contributed by atoms with Crippen LogP contribution in [0.2, 0.25) is 0 Å². The third-order valence-electron chi connectivity index (χ3n) is 3.09. The average molecular weight is 341 g/mol. The molecule has 0 saturated carbocycles. The zero-order valence-electron chi connectivity index (χ0n) is 13.1. The SMILES string of the molecule is CC(C)(C)CNC(=O)Cn1c(=O)oc2cc(S(N)(=O)=O)ccc21. The van der Waals surface area contributed by atoms with Gasteiger partial charge in [0, 0.05) is 12.6 Å². The molecule has 0 aliphatic heterocycles. The lowest BCUT2D eigenvalue weighted by atomic mass is 9.97. The summed E-state index contributed by atoms with van der Waals surface area (Å²) in [5.41, 5.74) is 0.308. The lowest BCUT2D eigenvalue weighted by Gasteiger charge is -2.18. The molecule has 3 N–H and O–H groups in total. The second-order valence-corrected chi connectivity index (χ2v) is 8.03. The molecule has 1 amide bonds. The highest BCUT2D eigenvalue weighted by atomic mass is 32.2. The Morgan fingerprint density at radius 1 is 1.35 bits per heavy atom. The minimum Gasteiger partial charge on any atom is -0.408 e. The van der Waals surface area contributed by atoms with Gasteiger partial charge in [0.25, 0.3) is 0 Å². The molecule has 0 aliphatic carbocycles. The maximum absolute atomic E-state index is 12.0. The van der Waals surface area contributed by atoms with E-state index in [9.17, 15) is 18.0 Å². The summed E-state index contributed by atoms with van der Waals surface area (Å²) in [5, 5.41) is 7.77. The summed E-state index contributed by atoms with van der Waals surface area (Å²) in [5.74, 6) is -1.07. The first kappa shape index (κ1) is 17.2. The molecule has 2 aromatic rings. The molecule has 8 nitrogen and oxygen atoms in total. The van der Waals surface area contributed by atoms with E-state index in [1.165, 1.54) is 12.1 Å². The summed E-state index contributed by atoms with van der Waals surface area (Å²) in [6, 6.07) is 3.81. The molecule has 126 valence electrons. The fraction of sp³-hybridized carbons (Fsp3) is 0.429. The number of sulfonamides is 1. The van der Waals surface area contributed by atoms with E-state index in [1.54, 1.807) is 0 Å². The second-order valence-electron chi connectivity index (χ2n) is 6.47. The Morgan fingerprint density at radius 2 is 2.00 bits per heavy atom. The number of primary sulfonamides is 1. The Labute approximate surface area is 133 Å². The van der Waals surface area contributed by atoms with E-state index in [0.29, 0.717) is 12.1 Å². The zero-order chi connectivity index (χ0) is 17.4. The van der Waals surface area contributed by atoms with Crippen molar-refractivity contribution in [3.63, 3.8) is 0 Å². The van der Waals surface area contributed by atoms with E-state index in [0.717, 1.165) is 10.6 Å². The summed E-state index contributed by atoms with van der Waals surface area (Å²) >= 11 is 0.